The summed E-state index contributed by atoms with van der Waals surface area (Å²) in [7, 11) is -3.84. The first kappa shape index (κ1) is 22.2. The fourth-order valence-electron chi connectivity index (χ4n) is 3.22. The lowest BCUT2D eigenvalue weighted by molar-refractivity contribution is 0.340. The van der Waals surface area contributed by atoms with Crippen LogP contribution in [0, 0.1) is 0 Å². The summed E-state index contributed by atoms with van der Waals surface area (Å²) in [4.78, 5) is 16.4. The van der Waals surface area contributed by atoms with Gasteiger partial charge in [-0.15, -0.1) is 0 Å². The van der Waals surface area contributed by atoms with E-state index in [0.29, 0.717) is 22.6 Å². The third-order valence-electron chi connectivity index (χ3n) is 4.72. The SMILES string of the molecule is CCOc1ccc(-c2noc(CNS(=O)(=O)c3ccc4c(c3)sc(=O)n4C(C)C)n2)cc1. The van der Waals surface area contributed by atoms with Gasteiger partial charge in [-0.2, -0.15) is 4.98 Å². The van der Waals surface area contributed by atoms with Crippen LogP contribution in [-0.2, 0) is 16.6 Å². The molecule has 2 aromatic carbocycles. The Hall–Kier alpha value is -3.02. The maximum absolute atomic E-state index is 12.8. The molecule has 2 heterocycles. The quantitative estimate of drug-likeness (QED) is 0.415. The van der Waals surface area contributed by atoms with E-state index in [1.54, 1.807) is 34.9 Å². The van der Waals surface area contributed by atoms with Crippen molar-refractivity contribution >= 4 is 31.6 Å². The van der Waals surface area contributed by atoms with Crippen LogP contribution in [0.15, 0.2) is 56.7 Å². The molecular formula is C21H22N4O5S2. The number of nitrogens with one attached hydrogen (secondary N) is 1. The van der Waals surface area contributed by atoms with Crippen LogP contribution in [0.3, 0.4) is 0 Å². The maximum atomic E-state index is 12.8. The van der Waals surface area contributed by atoms with E-state index in [1.165, 1.54) is 12.1 Å². The molecule has 0 aliphatic rings. The molecule has 32 heavy (non-hydrogen) atoms. The molecule has 0 aliphatic heterocycles. The molecule has 0 saturated carbocycles. The van der Waals surface area contributed by atoms with E-state index in [4.69, 9.17) is 9.26 Å². The molecule has 0 atom stereocenters. The fraction of sp³-hybridized carbons (Fsp3) is 0.286. The topological polar surface area (TPSA) is 116 Å². The summed E-state index contributed by atoms with van der Waals surface area (Å²) in [5, 5.41) is 3.91. The lowest BCUT2D eigenvalue weighted by Crippen LogP contribution is -2.23. The number of thiazole rings is 1. The third kappa shape index (κ3) is 4.45. The van der Waals surface area contributed by atoms with Crippen LogP contribution in [0.1, 0.15) is 32.7 Å². The van der Waals surface area contributed by atoms with Gasteiger partial charge in [0.15, 0.2) is 0 Å². The predicted octanol–water partition coefficient (Wildman–Crippen LogP) is 3.57. The third-order valence-corrected chi connectivity index (χ3v) is 7.03. The Labute approximate surface area is 188 Å². The number of aromatic nitrogens is 3. The van der Waals surface area contributed by atoms with Gasteiger partial charge in [0.25, 0.3) is 0 Å². The first-order chi connectivity index (χ1) is 15.3. The molecule has 0 fully saturated rings. The Morgan fingerprint density at radius 1 is 1.19 bits per heavy atom. The van der Waals surface area contributed by atoms with Crippen molar-refractivity contribution in [3.63, 3.8) is 0 Å². The van der Waals surface area contributed by atoms with Gasteiger partial charge in [0.05, 0.1) is 28.3 Å². The molecule has 9 nitrogen and oxygen atoms in total. The molecule has 4 rings (SSSR count). The van der Waals surface area contributed by atoms with Crippen LogP contribution >= 0.6 is 11.3 Å². The minimum absolute atomic E-state index is 0.0149. The monoisotopic (exact) mass is 474 g/mol. The zero-order valence-electron chi connectivity index (χ0n) is 17.7. The van der Waals surface area contributed by atoms with Gasteiger partial charge >= 0.3 is 4.87 Å². The number of nitrogens with zero attached hydrogens (tertiary/aromatic N) is 3. The summed E-state index contributed by atoms with van der Waals surface area (Å²) in [6, 6.07) is 11.8. The molecule has 4 aromatic rings. The number of ether oxygens (including phenoxy) is 1. The molecule has 11 heteroatoms. The van der Waals surface area contributed by atoms with Crippen LogP contribution in [-0.4, -0.2) is 29.7 Å². The average Bonchev–Trinajstić information content (AvgIpc) is 3.36. The van der Waals surface area contributed by atoms with Crippen LogP contribution in [0.2, 0.25) is 0 Å². The standard InChI is InChI=1S/C21H22N4O5S2/c1-4-29-15-7-5-14(6-8-15)20-23-19(30-24-20)12-22-32(27,28)16-9-10-17-18(11-16)31-21(26)25(17)13(2)3/h5-11,13,22H,4,12H2,1-3H3. The van der Waals surface area contributed by atoms with E-state index < -0.39 is 10.0 Å². The first-order valence-corrected chi connectivity index (χ1v) is 12.3. The smallest absolute Gasteiger partial charge is 0.308 e. The summed E-state index contributed by atoms with van der Waals surface area (Å²) in [6.07, 6.45) is 0. The highest BCUT2D eigenvalue weighted by atomic mass is 32.2. The molecule has 2 aromatic heterocycles. The maximum Gasteiger partial charge on any atom is 0.308 e. The molecule has 1 N–H and O–H groups in total. The number of benzene rings is 2. The van der Waals surface area contributed by atoms with Gasteiger partial charge in [-0.25, -0.2) is 13.1 Å². The van der Waals surface area contributed by atoms with Gasteiger partial charge in [0.1, 0.15) is 5.75 Å². The fourth-order valence-corrected chi connectivity index (χ4v) is 5.35. The van der Waals surface area contributed by atoms with E-state index in [2.05, 4.69) is 14.9 Å². The molecular weight excluding hydrogens is 452 g/mol. The van der Waals surface area contributed by atoms with Crippen molar-refractivity contribution in [1.29, 1.82) is 0 Å². The van der Waals surface area contributed by atoms with Crippen LogP contribution in [0.5, 0.6) is 5.75 Å². The van der Waals surface area contributed by atoms with Gasteiger partial charge in [-0.1, -0.05) is 16.5 Å². The first-order valence-electron chi connectivity index (χ1n) is 9.99. The van der Waals surface area contributed by atoms with Gasteiger partial charge in [-0.3, -0.25) is 9.36 Å². The Bertz CT molecular complexity index is 1400. The minimum atomic E-state index is -3.84. The molecule has 0 radical (unpaired) electrons. The predicted molar refractivity (Wildman–Crippen MR) is 121 cm³/mol. The normalized spacial score (nSPS) is 12.0. The zero-order valence-corrected chi connectivity index (χ0v) is 19.4. The molecule has 168 valence electrons. The Kier molecular flexibility index (Phi) is 6.13. The number of fused-ring (bicyclic) bond motifs is 1. The van der Waals surface area contributed by atoms with Crippen molar-refractivity contribution in [2.45, 2.75) is 38.3 Å². The average molecular weight is 475 g/mol. The minimum Gasteiger partial charge on any atom is -0.494 e. The highest BCUT2D eigenvalue weighted by Crippen LogP contribution is 2.24. The molecule has 0 amide bonds. The number of rotatable bonds is 8. The molecule has 0 bridgehead atoms. The second-order valence-electron chi connectivity index (χ2n) is 7.25. The van der Waals surface area contributed by atoms with Gasteiger partial charge < -0.3 is 9.26 Å². The highest BCUT2D eigenvalue weighted by molar-refractivity contribution is 7.89. The number of sulfonamides is 1. The van der Waals surface area contributed by atoms with Gasteiger partial charge in [0, 0.05) is 11.6 Å². The molecule has 0 aliphatic carbocycles. The Morgan fingerprint density at radius 2 is 1.94 bits per heavy atom. The van der Waals surface area contributed by atoms with Crippen LogP contribution < -0.4 is 14.3 Å². The van der Waals surface area contributed by atoms with Crippen LogP contribution in [0.25, 0.3) is 21.6 Å². The van der Waals surface area contributed by atoms with Crippen molar-refractivity contribution in [2.24, 2.45) is 0 Å². The van der Waals surface area contributed by atoms with Crippen molar-refractivity contribution in [1.82, 2.24) is 19.4 Å². The second-order valence-corrected chi connectivity index (χ2v) is 10.0. The lowest BCUT2D eigenvalue weighted by Gasteiger charge is -2.08. The van der Waals surface area contributed by atoms with Crippen molar-refractivity contribution in [2.75, 3.05) is 6.61 Å². The Morgan fingerprint density at radius 3 is 2.62 bits per heavy atom. The molecule has 0 spiro atoms. The largest absolute Gasteiger partial charge is 0.494 e. The van der Waals surface area contributed by atoms with Gasteiger partial charge in [0.2, 0.25) is 21.7 Å². The van der Waals surface area contributed by atoms with Crippen molar-refractivity contribution in [3.05, 3.63) is 58.0 Å². The number of hydrogen-bond acceptors (Lipinski definition) is 8. The van der Waals surface area contributed by atoms with E-state index in [-0.39, 0.29) is 28.2 Å². The lowest BCUT2D eigenvalue weighted by atomic mass is 10.2. The number of hydrogen-bond donors (Lipinski definition) is 1. The summed E-state index contributed by atoms with van der Waals surface area (Å²) in [5.41, 5.74) is 1.44. The van der Waals surface area contributed by atoms with Crippen molar-refractivity contribution < 1.29 is 17.7 Å². The van der Waals surface area contributed by atoms with Crippen molar-refractivity contribution in [3.8, 4) is 17.1 Å². The van der Waals surface area contributed by atoms with Gasteiger partial charge in [-0.05, 0) is 63.2 Å². The molecule has 0 unspecified atom stereocenters. The second kappa shape index (κ2) is 8.85. The summed E-state index contributed by atoms with van der Waals surface area (Å²) in [6.45, 7) is 6.13. The summed E-state index contributed by atoms with van der Waals surface area (Å²) in [5.74, 6) is 1.22. The summed E-state index contributed by atoms with van der Waals surface area (Å²) >= 11 is 1.02. The zero-order chi connectivity index (χ0) is 22.9. The van der Waals surface area contributed by atoms with E-state index >= 15 is 0 Å². The van der Waals surface area contributed by atoms with E-state index in [1.807, 2.05) is 20.8 Å². The molecule has 0 saturated heterocycles. The van der Waals surface area contributed by atoms with E-state index in [0.717, 1.165) is 22.6 Å². The van der Waals surface area contributed by atoms with E-state index in [9.17, 15) is 13.2 Å². The van der Waals surface area contributed by atoms with Crippen LogP contribution in [0.4, 0.5) is 0 Å². The highest BCUT2D eigenvalue weighted by Gasteiger charge is 2.19. The Balaban J connectivity index is 1.49. The summed E-state index contributed by atoms with van der Waals surface area (Å²) < 4.78 is 40.8.